The fraction of sp³-hybridized carbons (Fsp3) is 0.267. The number of rotatable bonds is 4. The van der Waals surface area contributed by atoms with Gasteiger partial charge >= 0.3 is 12.1 Å². The summed E-state index contributed by atoms with van der Waals surface area (Å²) in [4.78, 5) is 11.2. The second kappa shape index (κ2) is 6.93. The molecule has 2 nitrogen and oxygen atoms in total. The van der Waals surface area contributed by atoms with Gasteiger partial charge in [0.15, 0.2) is 0 Å². The van der Waals surface area contributed by atoms with E-state index >= 15 is 0 Å². The van der Waals surface area contributed by atoms with Crippen molar-refractivity contribution in [3.63, 3.8) is 0 Å². The van der Waals surface area contributed by atoms with Gasteiger partial charge in [-0.25, -0.2) is 4.79 Å². The van der Waals surface area contributed by atoms with Crippen molar-refractivity contribution in [3.8, 4) is 0 Å². The summed E-state index contributed by atoms with van der Waals surface area (Å²) in [7, 11) is 0. The van der Waals surface area contributed by atoms with Crippen LogP contribution in [0.15, 0.2) is 42.0 Å². The average Bonchev–Trinajstić information content (AvgIpc) is 2.36. The Balaban J connectivity index is 2.74. The van der Waals surface area contributed by atoms with Crippen LogP contribution in [-0.4, -0.2) is 12.6 Å². The Hall–Kier alpha value is -2.04. The minimum Gasteiger partial charge on any atom is -0.463 e. The number of benzene rings is 1. The maximum atomic E-state index is 12.4. The Labute approximate surface area is 115 Å². The Morgan fingerprint density at radius 3 is 2.35 bits per heavy atom. The van der Waals surface area contributed by atoms with E-state index < -0.39 is 17.7 Å². The van der Waals surface area contributed by atoms with Crippen molar-refractivity contribution in [2.24, 2.45) is 0 Å². The van der Waals surface area contributed by atoms with Crippen LogP contribution in [0, 0.1) is 0 Å². The summed E-state index contributed by atoms with van der Waals surface area (Å²) < 4.78 is 41.9. The van der Waals surface area contributed by atoms with E-state index in [1.807, 2.05) is 0 Å². The van der Waals surface area contributed by atoms with Crippen LogP contribution < -0.4 is 0 Å². The van der Waals surface area contributed by atoms with Gasteiger partial charge < -0.3 is 4.74 Å². The highest BCUT2D eigenvalue weighted by Gasteiger charge is 2.29. The van der Waals surface area contributed by atoms with E-state index in [0.29, 0.717) is 17.7 Å². The van der Waals surface area contributed by atoms with Gasteiger partial charge in [0.05, 0.1) is 12.2 Å². The molecule has 0 aliphatic carbocycles. The number of carbonyl (C=O) groups is 1. The fourth-order valence-corrected chi connectivity index (χ4v) is 1.43. The van der Waals surface area contributed by atoms with Gasteiger partial charge in [-0.3, -0.25) is 0 Å². The number of hydrogen-bond acceptors (Lipinski definition) is 2. The molecule has 0 aromatic heterocycles. The van der Waals surface area contributed by atoms with Gasteiger partial charge in [0.2, 0.25) is 0 Å². The lowest BCUT2D eigenvalue weighted by Crippen LogP contribution is -2.03. The molecule has 0 fully saturated rings. The SMILES string of the molecule is CCOC(=O)C=C(C)/C=C/c1ccc(C(F)(F)F)cc1. The third-order valence-electron chi connectivity index (χ3n) is 2.41. The zero-order valence-corrected chi connectivity index (χ0v) is 11.2. The van der Waals surface area contributed by atoms with Gasteiger partial charge in [0, 0.05) is 6.08 Å². The Morgan fingerprint density at radius 2 is 1.85 bits per heavy atom. The van der Waals surface area contributed by atoms with Crippen LogP contribution in [0.1, 0.15) is 25.0 Å². The standard InChI is InChI=1S/C15H15F3O2/c1-3-20-14(19)10-11(2)4-5-12-6-8-13(9-7-12)15(16,17)18/h4-10H,3H2,1-2H3/b5-4+,11-10?. The number of carbonyl (C=O) groups excluding carboxylic acids is 1. The Bertz CT molecular complexity index is 511. The molecule has 0 radical (unpaired) electrons. The first-order valence-electron chi connectivity index (χ1n) is 6.03. The van der Waals surface area contributed by atoms with Crippen molar-refractivity contribution in [1.82, 2.24) is 0 Å². The Kier molecular flexibility index (Phi) is 5.55. The summed E-state index contributed by atoms with van der Waals surface area (Å²) in [5, 5.41) is 0. The van der Waals surface area contributed by atoms with Crippen molar-refractivity contribution >= 4 is 12.0 Å². The fourth-order valence-electron chi connectivity index (χ4n) is 1.43. The molecular formula is C15H15F3O2. The van der Waals surface area contributed by atoms with Crippen molar-refractivity contribution in [3.05, 3.63) is 53.1 Å². The van der Waals surface area contributed by atoms with E-state index in [1.54, 1.807) is 26.0 Å². The topological polar surface area (TPSA) is 26.3 Å². The van der Waals surface area contributed by atoms with Crippen LogP contribution in [0.2, 0.25) is 0 Å². The van der Waals surface area contributed by atoms with Gasteiger partial charge in [0.1, 0.15) is 0 Å². The van der Waals surface area contributed by atoms with Crippen LogP contribution in [-0.2, 0) is 15.7 Å². The lowest BCUT2D eigenvalue weighted by Gasteiger charge is -2.05. The second-order valence-corrected chi connectivity index (χ2v) is 4.09. The maximum absolute atomic E-state index is 12.4. The summed E-state index contributed by atoms with van der Waals surface area (Å²) in [5.74, 6) is -0.443. The smallest absolute Gasteiger partial charge is 0.416 e. The molecule has 0 spiro atoms. The van der Waals surface area contributed by atoms with Crippen molar-refractivity contribution in [1.29, 1.82) is 0 Å². The van der Waals surface area contributed by atoms with Crippen LogP contribution in [0.3, 0.4) is 0 Å². The number of alkyl halides is 3. The normalized spacial score (nSPS) is 12.8. The molecule has 0 bridgehead atoms. The number of allylic oxidation sites excluding steroid dienone is 2. The molecule has 20 heavy (non-hydrogen) atoms. The van der Waals surface area contributed by atoms with Gasteiger partial charge in [-0.1, -0.05) is 24.3 Å². The van der Waals surface area contributed by atoms with E-state index in [-0.39, 0.29) is 0 Å². The van der Waals surface area contributed by atoms with E-state index in [9.17, 15) is 18.0 Å². The molecule has 0 amide bonds. The zero-order valence-electron chi connectivity index (χ0n) is 11.2. The van der Waals surface area contributed by atoms with E-state index in [2.05, 4.69) is 0 Å². The van der Waals surface area contributed by atoms with Crippen LogP contribution in [0.4, 0.5) is 13.2 Å². The first-order valence-corrected chi connectivity index (χ1v) is 6.03. The molecule has 1 aromatic carbocycles. The summed E-state index contributed by atoms with van der Waals surface area (Å²) in [6, 6.07) is 4.78. The highest BCUT2D eigenvalue weighted by atomic mass is 19.4. The van der Waals surface area contributed by atoms with Gasteiger partial charge in [-0.2, -0.15) is 13.2 Å². The highest BCUT2D eigenvalue weighted by Crippen LogP contribution is 2.29. The lowest BCUT2D eigenvalue weighted by molar-refractivity contribution is -0.138. The van der Waals surface area contributed by atoms with E-state index in [4.69, 9.17) is 4.74 Å². The molecular weight excluding hydrogens is 269 g/mol. The molecule has 0 N–H and O–H groups in total. The molecule has 5 heteroatoms. The molecule has 0 aliphatic heterocycles. The van der Waals surface area contributed by atoms with Crippen LogP contribution in [0.25, 0.3) is 6.08 Å². The molecule has 108 valence electrons. The Morgan fingerprint density at radius 1 is 1.25 bits per heavy atom. The van der Waals surface area contributed by atoms with Gasteiger partial charge in [-0.15, -0.1) is 0 Å². The molecule has 0 atom stereocenters. The summed E-state index contributed by atoms with van der Waals surface area (Å²) in [6.07, 6.45) is 0.261. The van der Waals surface area contributed by atoms with E-state index in [1.165, 1.54) is 18.2 Å². The molecule has 0 saturated heterocycles. The van der Waals surface area contributed by atoms with Crippen molar-refractivity contribution in [2.75, 3.05) is 6.61 Å². The minimum atomic E-state index is -4.33. The number of ether oxygens (including phenoxy) is 1. The van der Waals surface area contributed by atoms with Crippen molar-refractivity contribution in [2.45, 2.75) is 20.0 Å². The summed E-state index contributed by atoms with van der Waals surface area (Å²) in [6.45, 7) is 3.71. The molecule has 0 heterocycles. The second-order valence-electron chi connectivity index (χ2n) is 4.09. The molecule has 0 saturated carbocycles. The van der Waals surface area contributed by atoms with Gasteiger partial charge in [-0.05, 0) is 37.1 Å². The quantitative estimate of drug-likeness (QED) is 0.470. The first kappa shape index (κ1) is 16.0. The number of halogens is 3. The summed E-state index contributed by atoms with van der Waals surface area (Å²) in [5.41, 5.74) is 0.589. The van der Waals surface area contributed by atoms with Crippen LogP contribution >= 0.6 is 0 Å². The predicted octanol–water partition coefficient (Wildman–Crippen LogP) is 4.23. The average molecular weight is 284 g/mol. The number of hydrogen-bond donors (Lipinski definition) is 0. The predicted molar refractivity (Wildman–Crippen MR) is 70.9 cm³/mol. The van der Waals surface area contributed by atoms with Crippen molar-refractivity contribution < 1.29 is 22.7 Å². The largest absolute Gasteiger partial charge is 0.463 e. The first-order chi connectivity index (χ1) is 9.32. The highest BCUT2D eigenvalue weighted by molar-refractivity contribution is 5.83. The van der Waals surface area contributed by atoms with Gasteiger partial charge in [0.25, 0.3) is 0 Å². The molecule has 1 rings (SSSR count). The monoisotopic (exact) mass is 284 g/mol. The van der Waals surface area contributed by atoms with E-state index in [0.717, 1.165) is 12.1 Å². The summed E-state index contributed by atoms with van der Waals surface area (Å²) >= 11 is 0. The molecule has 0 aliphatic rings. The lowest BCUT2D eigenvalue weighted by atomic mass is 10.1. The molecule has 0 unspecified atom stereocenters. The number of esters is 1. The molecule has 1 aromatic rings. The third kappa shape index (κ3) is 5.30. The van der Waals surface area contributed by atoms with Crippen LogP contribution in [0.5, 0.6) is 0 Å². The zero-order chi connectivity index (χ0) is 15.2. The minimum absolute atomic E-state index is 0.297. The maximum Gasteiger partial charge on any atom is 0.416 e. The third-order valence-corrected chi connectivity index (χ3v) is 2.41.